The number of pyridine rings is 1. The van der Waals surface area contributed by atoms with Crippen LogP contribution < -0.4 is 5.73 Å². The van der Waals surface area contributed by atoms with Gasteiger partial charge in [-0.3, -0.25) is 4.98 Å². The van der Waals surface area contributed by atoms with Crippen LogP contribution in [0.4, 0.5) is 0 Å². The lowest BCUT2D eigenvalue weighted by atomic mass is 10.1. The summed E-state index contributed by atoms with van der Waals surface area (Å²) in [6.07, 6.45) is 5.91. The van der Waals surface area contributed by atoms with E-state index in [-0.39, 0.29) is 0 Å². The van der Waals surface area contributed by atoms with E-state index in [1.807, 2.05) is 12.4 Å². The average Bonchev–Trinajstić information content (AvgIpc) is 2.33. The second-order valence-corrected chi connectivity index (χ2v) is 4.94. The summed E-state index contributed by atoms with van der Waals surface area (Å²) in [6, 6.07) is 4.19. The maximum absolute atomic E-state index is 5.58. The molecule has 17 heavy (non-hydrogen) atoms. The van der Waals surface area contributed by atoms with Crippen LogP contribution in [0.15, 0.2) is 24.5 Å². The fraction of sp³-hybridized carbons (Fsp3) is 0.643. The molecule has 0 aromatic carbocycles. The molecule has 2 N–H and O–H groups in total. The SMILES string of the molecule is CC(C)CN(CCCN)CCc1ccncc1. The summed E-state index contributed by atoms with van der Waals surface area (Å²) >= 11 is 0. The van der Waals surface area contributed by atoms with Crippen molar-refractivity contribution in [2.45, 2.75) is 26.7 Å². The summed E-state index contributed by atoms with van der Waals surface area (Å²) in [5.41, 5.74) is 6.94. The third kappa shape index (κ3) is 6.39. The smallest absolute Gasteiger partial charge is 0.0270 e. The van der Waals surface area contributed by atoms with E-state index in [1.54, 1.807) is 0 Å². The summed E-state index contributed by atoms with van der Waals surface area (Å²) in [5.74, 6) is 0.713. The Morgan fingerprint density at radius 2 is 1.94 bits per heavy atom. The summed E-state index contributed by atoms with van der Waals surface area (Å²) in [4.78, 5) is 6.55. The van der Waals surface area contributed by atoms with Gasteiger partial charge in [-0.2, -0.15) is 0 Å². The Balaban J connectivity index is 2.37. The molecule has 1 heterocycles. The maximum Gasteiger partial charge on any atom is 0.0270 e. The molecule has 1 rings (SSSR count). The Labute approximate surface area is 105 Å². The highest BCUT2D eigenvalue weighted by Crippen LogP contribution is 2.04. The van der Waals surface area contributed by atoms with Crippen LogP contribution in [-0.2, 0) is 6.42 Å². The van der Waals surface area contributed by atoms with Crippen LogP contribution in [0.25, 0.3) is 0 Å². The quantitative estimate of drug-likeness (QED) is 0.748. The molecule has 0 saturated heterocycles. The molecule has 0 saturated carbocycles. The molecule has 0 unspecified atom stereocenters. The summed E-state index contributed by atoms with van der Waals surface area (Å²) in [6.45, 7) is 8.70. The molecule has 0 fully saturated rings. The zero-order valence-corrected chi connectivity index (χ0v) is 11.1. The van der Waals surface area contributed by atoms with Crippen molar-refractivity contribution in [1.82, 2.24) is 9.88 Å². The molecule has 0 atom stereocenters. The number of nitrogens with two attached hydrogens (primary N) is 1. The number of nitrogens with zero attached hydrogens (tertiary/aromatic N) is 2. The van der Waals surface area contributed by atoms with Crippen molar-refractivity contribution < 1.29 is 0 Å². The monoisotopic (exact) mass is 235 g/mol. The first kappa shape index (κ1) is 14.1. The van der Waals surface area contributed by atoms with Crippen molar-refractivity contribution in [2.24, 2.45) is 11.7 Å². The molecule has 0 radical (unpaired) electrons. The van der Waals surface area contributed by atoms with E-state index in [1.165, 1.54) is 5.56 Å². The van der Waals surface area contributed by atoms with Crippen molar-refractivity contribution in [2.75, 3.05) is 26.2 Å². The van der Waals surface area contributed by atoms with E-state index in [4.69, 9.17) is 5.73 Å². The molecule has 3 nitrogen and oxygen atoms in total. The van der Waals surface area contributed by atoms with Crippen molar-refractivity contribution in [3.05, 3.63) is 30.1 Å². The van der Waals surface area contributed by atoms with Crippen LogP contribution in [-0.4, -0.2) is 36.1 Å². The number of hydrogen-bond donors (Lipinski definition) is 1. The lowest BCUT2D eigenvalue weighted by molar-refractivity contribution is 0.245. The fourth-order valence-electron chi connectivity index (χ4n) is 1.96. The third-order valence-corrected chi connectivity index (χ3v) is 2.77. The molecule has 0 aliphatic rings. The minimum atomic E-state index is 0.713. The van der Waals surface area contributed by atoms with E-state index in [0.717, 1.165) is 39.0 Å². The van der Waals surface area contributed by atoms with Gasteiger partial charge in [0.15, 0.2) is 0 Å². The van der Waals surface area contributed by atoms with Gasteiger partial charge < -0.3 is 10.6 Å². The highest BCUT2D eigenvalue weighted by molar-refractivity contribution is 5.09. The van der Waals surface area contributed by atoms with Crippen LogP contribution >= 0.6 is 0 Å². The largest absolute Gasteiger partial charge is 0.330 e. The first-order chi connectivity index (χ1) is 8.22. The molecule has 96 valence electrons. The summed E-state index contributed by atoms with van der Waals surface area (Å²) in [7, 11) is 0. The van der Waals surface area contributed by atoms with Gasteiger partial charge in [0, 0.05) is 25.5 Å². The van der Waals surface area contributed by atoms with Gasteiger partial charge in [0.2, 0.25) is 0 Å². The first-order valence-corrected chi connectivity index (χ1v) is 6.53. The highest BCUT2D eigenvalue weighted by atomic mass is 15.1. The topological polar surface area (TPSA) is 42.1 Å². The van der Waals surface area contributed by atoms with E-state index in [2.05, 4.69) is 35.9 Å². The van der Waals surface area contributed by atoms with Gasteiger partial charge in [-0.25, -0.2) is 0 Å². The third-order valence-electron chi connectivity index (χ3n) is 2.77. The standard InChI is InChI=1S/C14H25N3/c1-13(2)12-17(10-3-7-15)11-6-14-4-8-16-9-5-14/h4-5,8-9,13H,3,6-7,10-12,15H2,1-2H3. The Morgan fingerprint density at radius 3 is 2.53 bits per heavy atom. The molecule has 3 heteroatoms. The second-order valence-electron chi connectivity index (χ2n) is 4.94. The van der Waals surface area contributed by atoms with Gasteiger partial charge in [-0.05, 0) is 49.5 Å². The fourth-order valence-corrected chi connectivity index (χ4v) is 1.96. The van der Waals surface area contributed by atoms with Crippen LogP contribution in [0.1, 0.15) is 25.8 Å². The Hall–Kier alpha value is -0.930. The number of rotatable bonds is 8. The summed E-state index contributed by atoms with van der Waals surface area (Å²) in [5, 5.41) is 0. The highest BCUT2D eigenvalue weighted by Gasteiger charge is 2.06. The van der Waals surface area contributed by atoms with Crippen LogP contribution in [0.3, 0.4) is 0 Å². The Bertz CT molecular complexity index is 285. The van der Waals surface area contributed by atoms with Crippen molar-refractivity contribution in [3.8, 4) is 0 Å². The van der Waals surface area contributed by atoms with Gasteiger partial charge in [0.25, 0.3) is 0 Å². The second kappa shape index (κ2) is 8.20. The zero-order chi connectivity index (χ0) is 12.5. The van der Waals surface area contributed by atoms with Gasteiger partial charge in [0.05, 0.1) is 0 Å². The molecule has 1 aromatic heterocycles. The molecule has 0 bridgehead atoms. The predicted octanol–water partition coefficient (Wildman–Crippen LogP) is 1.93. The Morgan fingerprint density at radius 1 is 1.24 bits per heavy atom. The average molecular weight is 235 g/mol. The lowest BCUT2D eigenvalue weighted by Crippen LogP contribution is -2.32. The minimum Gasteiger partial charge on any atom is -0.330 e. The molecule has 0 spiro atoms. The number of hydrogen-bond acceptors (Lipinski definition) is 3. The predicted molar refractivity (Wildman–Crippen MR) is 72.9 cm³/mol. The minimum absolute atomic E-state index is 0.713. The molecule has 0 aliphatic carbocycles. The van der Waals surface area contributed by atoms with E-state index in [0.29, 0.717) is 5.92 Å². The van der Waals surface area contributed by atoms with Gasteiger partial charge in [0.1, 0.15) is 0 Å². The molecular formula is C14H25N3. The first-order valence-electron chi connectivity index (χ1n) is 6.53. The molecule has 0 aliphatic heterocycles. The van der Waals surface area contributed by atoms with Crippen LogP contribution in [0, 0.1) is 5.92 Å². The number of aromatic nitrogens is 1. The van der Waals surface area contributed by atoms with Crippen LogP contribution in [0.5, 0.6) is 0 Å². The maximum atomic E-state index is 5.58. The summed E-state index contributed by atoms with van der Waals surface area (Å²) < 4.78 is 0. The van der Waals surface area contributed by atoms with E-state index >= 15 is 0 Å². The molecular weight excluding hydrogens is 210 g/mol. The lowest BCUT2D eigenvalue weighted by Gasteiger charge is -2.24. The van der Waals surface area contributed by atoms with E-state index < -0.39 is 0 Å². The molecule has 0 amide bonds. The van der Waals surface area contributed by atoms with Gasteiger partial charge in [-0.15, -0.1) is 0 Å². The molecule has 1 aromatic rings. The normalized spacial score (nSPS) is 11.4. The van der Waals surface area contributed by atoms with Crippen molar-refractivity contribution >= 4 is 0 Å². The van der Waals surface area contributed by atoms with E-state index in [9.17, 15) is 0 Å². The van der Waals surface area contributed by atoms with Crippen molar-refractivity contribution in [3.63, 3.8) is 0 Å². The van der Waals surface area contributed by atoms with Gasteiger partial charge >= 0.3 is 0 Å². The zero-order valence-electron chi connectivity index (χ0n) is 11.1. The van der Waals surface area contributed by atoms with Gasteiger partial charge in [-0.1, -0.05) is 13.8 Å². The van der Waals surface area contributed by atoms with Crippen LogP contribution in [0.2, 0.25) is 0 Å². The van der Waals surface area contributed by atoms with Crippen molar-refractivity contribution in [1.29, 1.82) is 0 Å². The Kier molecular flexibility index (Phi) is 6.82.